The van der Waals surface area contributed by atoms with Gasteiger partial charge in [0, 0.05) is 0 Å². The second-order valence-electron chi connectivity index (χ2n) is 8.32. The van der Waals surface area contributed by atoms with E-state index in [-0.39, 0.29) is 39.9 Å². The van der Waals surface area contributed by atoms with E-state index >= 15 is 0 Å². The second-order valence-corrected chi connectivity index (χ2v) is 31.2. The molecule has 0 fully saturated rings. The van der Waals surface area contributed by atoms with Crippen LogP contribution >= 0.6 is 95.6 Å². The van der Waals surface area contributed by atoms with E-state index in [9.17, 15) is 29.8 Å². The molecule has 0 amide bonds. The summed E-state index contributed by atoms with van der Waals surface area (Å²) in [6, 6.07) is 4.19. The molecule has 0 aromatic heterocycles. The summed E-state index contributed by atoms with van der Waals surface area (Å²) in [4.78, 5) is -0.907. The van der Waals surface area contributed by atoms with Crippen molar-refractivity contribution >= 4 is 125 Å². The first-order chi connectivity index (χ1) is 13.7. The van der Waals surface area contributed by atoms with Gasteiger partial charge >= 0.3 is 29.6 Å². The Morgan fingerprint density at radius 3 is 1.45 bits per heavy atom. The zero-order chi connectivity index (χ0) is 26.2. The Labute approximate surface area is 269 Å². The third-order valence-electron chi connectivity index (χ3n) is 3.70. The van der Waals surface area contributed by atoms with Crippen LogP contribution < -0.4 is 29.6 Å². The minimum Gasteiger partial charge on any atom is -0.744 e. The van der Waals surface area contributed by atoms with Gasteiger partial charge in [0.1, 0.15) is 10.1 Å². The Morgan fingerprint density at radius 1 is 0.758 bits per heavy atom. The third kappa shape index (κ3) is 11.3. The van der Waals surface area contributed by atoms with Gasteiger partial charge in [-0.05, 0) is 139 Å². The number of hydrogen-bond donors (Lipinski definition) is 0. The Bertz CT molecular complexity index is 1130. The monoisotopic (exact) mass is 918 g/mol. The molecule has 0 saturated carbocycles. The van der Waals surface area contributed by atoms with Crippen LogP contribution in [0.1, 0.15) is 41.0 Å². The number of halogens is 6. The van der Waals surface area contributed by atoms with Crippen molar-refractivity contribution in [2.75, 3.05) is 0 Å². The van der Waals surface area contributed by atoms with Gasteiger partial charge in [-0.25, -0.2) is 25.3 Å². The number of hydrogen-bond acceptors (Lipinski definition) is 7. The fourth-order valence-electron chi connectivity index (χ4n) is 2.62. The first kappa shape index (κ1) is 38.1. The van der Waals surface area contributed by atoms with Crippen LogP contribution in [0.2, 0.25) is 0 Å². The molecule has 7 nitrogen and oxygen atoms in total. The molecule has 0 heterocycles. The topological polar surface area (TPSA) is 125 Å². The molecule has 0 N–H and O–H groups in total. The SMILES string of the molecule is CC(C)(C)CC(C)(C)S(=O)(=O)C(Br)(Br)Br.O=S(=O)([O-])c1cccc(S(=O)(=O)C(Br)(Br)Br)c1.[Na+]. The smallest absolute Gasteiger partial charge is 0.744 e. The van der Waals surface area contributed by atoms with Crippen molar-refractivity contribution in [3.63, 3.8) is 0 Å². The summed E-state index contributed by atoms with van der Waals surface area (Å²) in [7, 11) is -12.0. The van der Waals surface area contributed by atoms with Gasteiger partial charge in [-0.2, -0.15) is 0 Å². The standard InChI is InChI=1S/C9H17Br3O2S.C7H5Br3O5S2.Na/c1-7(2,3)6-8(4,5)15(13,14)9(10,11)12;8-7(9,10)16(11,12)5-2-1-3-6(4-5)17(13,14)15;/h6H2,1-5H3;1-4H,(H,13,14,15);/q;;+1/p-1. The summed E-state index contributed by atoms with van der Waals surface area (Å²) < 4.78 is 76.9. The van der Waals surface area contributed by atoms with Crippen LogP contribution in [0.3, 0.4) is 0 Å². The van der Waals surface area contributed by atoms with Gasteiger partial charge in [-0.1, -0.05) is 26.8 Å². The van der Waals surface area contributed by atoms with Crippen LogP contribution in [0, 0.1) is 5.41 Å². The minimum absolute atomic E-state index is 0. The Kier molecular flexibility index (Phi) is 14.8. The molecular weight excluding hydrogens is 903 g/mol. The van der Waals surface area contributed by atoms with E-state index in [0.29, 0.717) is 6.42 Å². The van der Waals surface area contributed by atoms with E-state index < -0.39 is 42.4 Å². The Morgan fingerprint density at radius 2 is 1.15 bits per heavy atom. The van der Waals surface area contributed by atoms with Gasteiger partial charge < -0.3 is 4.55 Å². The summed E-state index contributed by atoms with van der Waals surface area (Å²) >= 11 is 17.8. The molecule has 33 heavy (non-hydrogen) atoms. The van der Waals surface area contributed by atoms with E-state index in [1.54, 1.807) is 13.8 Å². The van der Waals surface area contributed by atoms with Gasteiger partial charge in [0.25, 0.3) is 0 Å². The van der Waals surface area contributed by atoms with Gasteiger partial charge in [0.2, 0.25) is 12.8 Å². The van der Waals surface area contributed by atoms with Crippen LogP contribution in [0.15, 0.2) is 34.1 Å². The average Bonchev–Trinajstić information content (AvgIpc) is 2.50. The summed E-state index contributed by atoms with van der Waals surface area (Å²) in [5.41, 5.74) is -0.0329. The van der Waals surface area contributed by atoms with Crippen LogP contribution in [0.5, 0.6) is 0 Å². The molecule has 17 heteroatoms. The molecule has 0 bridgehead atoms. The molecule has 0 spiro atoms. The van der Waals surface area contributed by atoms with E-state index in [4.69, 9.17) is 0 Å². The molecule has 188 valence electrons. The molecule has 0 aliphatic heterocycles. The fraction of sp³-hybridized carbons (Fsp3) is 0.625. The maximum absolute atomic E-state index is 12.2. The largest absolute Gasteiger partial charge is 1.00 e. The molecule has 0 aliphatic rings. The van der Waals surface area contributed by atoms with Crippen LogP contribution in [-0.4, -0.2) is 37.5 Å². The van der Waals surface area contributed by atoms with Crippen molar-refractivity contribution in [1.82, 2.24) is 0 Å². The molecule has 0 radical (unpaired) electrons. The molecule has 0 unspecified atom stereocenters. The Balaban J connectivity index is 0. The van der Waals surface area contributed by atoms with Gasteiger partial charge in [0.15, 0.2) is 9.84 Å². The van der Waals surface area contributed by atoms with Crippen molar-refractivity contribution in [1.29, 1.82) is 0 Å². The van der Waals surface area contributed by atoms with E-state index in [1.807, 2.05) is 20.8 Å². The van der Waals surface area contributed by atoms with E-state index in [2.05, 4.69) is 95.6 Å². The summed E-state index contributed by atoms with van der Waals surface area (Å²) in [6.07, 6.45) is 0.590. The van der Waals surface area contributed by atoms with Gasteiger partial charge in [0.05, 0.1) is 14.5 Å². The maximum Gasteiger partial charge on any atom is 1.00 e. The van der Waals surface area contributed by atoms with Crippen molar-refractivity contribution in [2.24, 2.45) is 5.41 Å². The first-order valence-corrected chi connectivity index (χ1v) is 17.5. The van der Waals surface area contributed by atoms with Gasteiger partial charge in [-0.15, -0.1) is 0 Å². The summed E-state index contributed by atoms with van der Waals surface area (Å²) in [5, 5.41) is 0. The number of benzene rings is 1. The average molecular weight is 924 g/mol. The van der Waals surface area contributed by atoms with Crippen LogP contribution in [-0.2, 0) is 29.8 Å². The van der Waals surface area contributed by atoms with Gasteiger partial charge in [-0.3, -0.25) is 0 Å². The zero-order valence-corrected chi connectivity index (χ0v) is 32.3. The van der Waals surface area contributed by atoms with Crippen molar-refractivity contribution in [2.45, 2.75) is 58.5 Å². The first-order valence-electron chi connectivity index (χ1n) is 8.35. The normalized spacial score (nSPS) is 14.1. The molecule has 1 aromatic carbocycles. The summed E-state index contributed by atoms with van der Waals surface area (Å²) in [6.45, 7) is 9.58. The molecule has 0 saturated heterocycles. The minimum atomic E-state index is -4.69. The molecule has 1 aromatic rings. The van der Waals surface area contributed by atoms with Crippen molar-refractivity contribution < 1.29 is 59.4 Å². The van der Waals surface area contributed by atoms with Crippen LogP contribution in [0.4, 0.5) is 0 Å². The second kappa shape index (κ2) is 12.8. The Hall–Kier alpha value is 2.91. The van der Waals surface area contributed by atoms with Crippen LogP contribution in [0.25, 0.3) is 0 Å². The van der Waals surface area contributed by atoms with Crippen molar-refractivity contribution in [3.8, 4) is 0 Å². The fourth-order valence-corrected chi connectivity index (χ4v) is 10.9. The molecule has 0 atom stereocenters. The zero-order valence-electron chi connectivity index (χ0n) is 18.4. The number of rotatable bonds is 4. The predicted molar refractivity (Wildman–Crippen MR) is 148 cm³/mol. The van der Waals surface area contributed by atoms with E-state index in [0.717, 1.165) is 12.1 Å². The number of alkyl halides is 6. The van der Waals surface area contributed by atoms with E-state index in [1.165, 1.54) is 12.1 Å². The summed E-state index contributed by atoms with van der Waals surface area (Å²) in [5.74, 6) is 0. The quantitative estimate of drug-likeness (QED) is 0.257. The molecule has 1 rings (SSSR count). The maximum atomic E-state index is 12.2. The van der Waals surface area contributed by atoms with Crippen molar-refractivity contribution in [3.05, 3.63) is 24.3 Å². The third-order valence-corrected chi connectivity index (χ3v) is 15.9. The number of sulfone groups is 2. The molecule has 0 aliphatic carbocycles. The predicted octanol–water partition coefficient (Wildman–Crippen LogP) is 3.58. The molecular formula is C16H21Br6NaO7S3.